The largest absolute Gasteiger partial charge is 0.286 e. The van der Waals surface area contributed by atoms with Crippen LogP contribution in [-0.2, 0) is 0 Å². The minimum Gasteiger partial charge on any atom is -0.286 e. The zero-order chi connectivity index (χ0) is 42.0. The zero-order valence-electron chi connectivity index (χ0n) is 28.8. The molecule has 4 heterocycles. The highest BCUT2D eigenvalue weighted by molar-refractivity contribution is 7.27. The van der Waals surface area contributed by atoms with Gasteiger partial charge in [0.25, 0.3) is 5.69 Å². The van der Waals surface area contributed by atoms with Gasteiger partial charge in [0.05, 0.1) is 53.0 Å². The molecule has 0 saturated carbocycles. The van der Waals surface area contributed by atoms with Gasteiger partial charge in [0, 0.05) is 0 Å². The topological polar surface area (TPSA) is 114 Å². The summed E-state index contributed by atoms with van der Waals surface area (Å²) >= 11 is 4.23. The first-order chi connectivity index (χ1) is 28.7. The van der Waals surface area contributed by atoms with Crippen molar-refractivity contribution >= 4 is 125 Å². The summed E-state index contributed by atoms with van der Waals surface area (Å²) in [6.45, 7) is 6.79. The van der Waals surface area contributed by atoms with Gasteiger partial charge in [-0.15, -0.1) is 45.3 Å². The molecular formula is C40H8F8N6O2S4. The summed E-state index contributed by atoms with van der Waals surface area (Å²) < 4.78 is 118. The average Bonchev–Trinajstić information content (AvgIpc) is 4.03. The number of rotatable bonds is 5. The molecule has 0 aliphatic carbocycles. The highest BCUT2D eigenvalue weighted by Gasteiger charge is 2.33. The fraction of sp³-hybridized carbons (Fsp3) is 0. The van der Waals surface area contributed by atoms with Gasteiger partial charge in [-0.2, -0.15) is 5.26 Å². The van der Waals surface area contributed by atoms with E-state index >= 15 is 0 Å². The van der Waals surface area contributed by atoms with Crippen LogP contribution in [0.15, 0.2) is 48.5 Å². The van der Waals surface area contributed by atoms with E-state index in [2.05, 4.69) is 14.8 Å². The highest BCUT2D eigenvalue weighted by atomic mass is 32.1. The number of hydrogen-bond donors (Lipinski definition) is 0. The third-order valence-corrected chi connectivity index (χ3v) is 13.7. The molecule has 290 valence electrons. The van der Waals surface area contributed by atoms with Gasteiger partial charge >= 0.3 is 0 Å². The molecule has 10 aromatic rings. The van der Waals surface area contributed by atoms with Crippen LogP contribution < -0.4 is 0 Å². The van der Waals surface area contributed by atoms with E-state index in [0.717, 1.165) is 38.1 Å². The van der Waals surface area contributed by atoms with E-state index in [0.29, 0.717) is 52.0 Å². The Labute approximate surface area is 342 Å². The van der Waals surface area contributed by atoms with Crippen molar-refractivity contribution in [3.63, 3.8) is 0 Å². The molecule has 0 radical (unpaired) electrons. The Kier molecular flexibility index (Phi) is 8.32. The van der Waals surface area contributed by atoms with Crippen molar-refractivity contribution in [1.29, 1.82) is 5.26 Å². The van der Waals surface area contributed by atoms with Crippen LogP contribution in [0, 0.1) is 64.4 Å². The molecule has 20 heteroatoms. The lowest BCUT2D eigenvalue weighted by Gasteiger charge is -2.06. The summed E-state index contributed by atoms with van der Waals surface area (Å²) in [6, 6.07) is 15.0. The molecule has 4 aromatic heterocycles. The maximum atomic E-state index is 14.7. The molecule has 0 N–H and O–H groups in total. The van der Waals surface area contributed by atoms with Gasteiger partial charge < -0.3 is 0 Å². The third kappa shape index (κ3) is 5.49. The Bertz CT molecular complexity index is 3310. The number of aromatic nitrogens is 4. The number of fused-ring (bicyclic) bond motifs is 6. The van der Waals surface area contributed by atoms with Crippen LogP contribution in [0.3, 0.4) is 0 Å². The number of halogens is 8. The van der Waals surface area contributed by atoms with Gasteiger partial charge in [0.15, 0.2) is 66.6 Å². The predicted molar refractivity (Wildman–Crippen MR) is 210 cm³/mol. The number of nitrogens with zero attached hydrogens (tertiary/aromatic N) is 6. The second kappa shape index (κ2) is 13.3. The molecule has 0 saturated heterocycles. The number of nitriles is 1. The van der Waals surface area contributed by atoms with E-state index in [1.54, 1.807) is 36.4 Å². The molecule has 0 fully saturated rings. The van der Waals surface area contributed by atoms with Gasteiger partial charge in [-0.1, -0.05) is 0 Å². The summed E-state index contributed by atoms with van der Waals surface area (Å²) in [7, 11) is 0. The van der Waals surface area contributed by atoms with E-state index in [1.807, 2.05) is 12.1 Å². The molecule has 0 bridgehead atoms. The van der Waals surface area contributed by atoms with Crippen molar-refractivity contribution in [2.24, 2.45) is 0 Å². The van der Waals surface area contributed by atoms with Crippen LogP contribution in [0.4, 0.5) is 40.8 Å². The second-order valence-corrected chi connectivity index (χ2v) is 17.0. The Morgan fingerprint density at radius 2 is 0.833 bits per heavy atom. The highest BCUT2D eigenvalue weighted by Crippen LogP contribution is 2.41. The lowest BCUT2D eigenvalue weighted by atomic mass is 10.1. The SMILES string of the molecule is [C-]#[N+]c1c(F)c(F)c(C(=O)c2nc3cc4cc5sc(-c6nc7cc8cc9sc(C(=O)c%10c(F)c(F)c(C#N)c(F)c%10F)nc9cc8cc7s6)nc5cc4cc3s2)c(F)c1F. The number of thiazole rings is 4. The number of carbonyl (C=O) groups is 2. The molecule has 0 unspecified atom stereocenters. The number of ketones is 2. The number of hydrogen-bond acceptors (Lipinski definition) is 11. The van der Waals surface area contributed by atoms with Crippen LogP contribution in [-0.4, -0.2) is 31.5 Å². The van der Waals surface area contributed by atoms with Gasteiger partial charge in [-0.3, -0.25) is 9.59 Å². The van der Waals surface area contributed by atoms with Crippen molar-refractivity contribution in [3.8, 4) is 16.1 Å². The quantitative estimate of drug-likeness (QED) is 0.0732. The van der Waals surface area contributed by atoms with E-state index < -0.39 is 90.5 Å². The lowest BCUT2D eigenvalue weighted by molar-refractivity contribution is 0.102. The first kappa shape index (κ1) is 37.4. The normalized spacial score (nSPS) is 11.8. The van der Waals surface area contributed by atoms with Crippen molar-refractivity contribution < 1.29 is 44.7 Å². The van der Waals surface area contributed by atoms with E-state index in [1.165, 1.54) is 22.7 Å². The van der Waals surface area contributed by atoms with Crippen molar-refractivity contribution in [3.05, 3.63) is 133 Å². The Balaban J connectivity index is 0.967. The molecule has 8 nitrogen and oxygen atoms in total. The van der Waals surface area contributed by atoms with Crippen molar-refractivity contribution in [1.82, 2.24) is 19.9 Å². The van der Waals surface area contributed by atoms with Crippen LogP contribution in [0.1, 0.15) is 36.3 Å². The van der Waals surface area contributed by atoms with Crippen molar-refractivity contribution in [2.45, 2.75) is 0 Å². The van der Waals surface area contributed by atoms with Crippen LogP contribution in [0.2, 0.25) is 0 Å². The minimum atomic E-state index is -1.99. The number of carbonyl (C=O) groups excluding carboxylic acids is 2. The third-order valence-electron chi connectivity index (χ3n) is 9.46. The first-order valence-corrected chi connectivity index (χ1v) is 19.9. The Hall–Kier alpha value is -6.84. The maximum absolute atomic E-state index is 14.7. The zero-order valence-corrected chi connectivity index (χ0v) is 32.0. The molecule has 0 aliphatic heterocycles. The average molecular weight is 885 g/mol. The summed E-state index contributed by atoms with van der Waals surface area (Å²) in [5, 5.41) is 12.0. The maximum Gasteiger partial charge on any atom is 0.262 e. The van der Waals surface area contributed by atoms with Gasteiger partial charge in [0.2, 0.25) is 11.6 Å². The molecule has 6 aromatic carbocycles. The predicted octanol–water partition coefficient (Wildman–Crippen LogP) is 12.1. The summed E-state index contributed by atoms with van der Waals surface area (Å²) in [5.74, 6) is -18.6. The van der Waals surface area contributed by atoms with Crippen molar-refractivity contribution in [2.75, 3.05) is 0 Å². The standard InChI is InChI=1S/C40H8F8N6O2S4/c1-50-34-32(47)30(45)25(31(46)33(34)48)36(56)38-52-17-3-12-9-23-19(5-14(12)7-21(17)58-38)54-40(60-23)39-53-18-4-13-6-20-16(2-11(13)8-22(18)59-39)51-37(57-20)35(55)24-28(43)26(41)15(10-49)27(42)29(24)44/h2-9H. The molecule has 0 spiro atoms. The van der Waals surface area contributed by atoms with Crippen LogP contribution >= 0.6 is 45.3 Å². The monoisotopic (exact) mass is 884 g/mol. The van der Waals surface area contributed by atoms with Crippen LogP contribution in [0.25, 0.3) is 77.3 Å². The fourth-order valence-electron chi connectivity index (χ4n) is 6.63. The second-order valence-electron chi connectivity index (χ2n) is 12.9. The minimum absolute atomic E-state index is 0.285. The molecule has 0 amide bonds. The number of benzene rings is 6. The molecule has 10 rings (SSSR count). The van der Waals surface area contributed by atoms with Gasteiger partial charge in [-0.25, -0.2) is 59.9 Å². The molecule has 0 atom stereocenters. The lowest BCUT2D eigenvalue weighted by Crippen LogP contribution is -2.13. The molecule has 60 heavy (non-hydrogen) atoms. The Morgan fingerprint density at radius 3 is 1.18 bits per heavy atom. The summed E-state index contributed by atoms with van der Waals surface area (Å²) in [4.78, 5) is 46.5. The summed E-state index contributed by atoms with van der Waals surface area (Å²) in [5.41, 5.74) is -4.16. The van der Waals surface area contributed by atoms with Crippen LogP contribution in [0.5, 0.6) is 0 Å². The van der Waals surface area contributed by atoms with E-state index in [-0.39, 0.29) is 11.0 Å². The summed E-state index contributed by atoms with van der Waals surface area (Å²) in [6.07, 6.45) is 0. The first-order valence-electron chi connectivity index (χ1n) is 16.6. The fourth-order valence-corrected chi connectivity index (χ4v) is 10.5. The van der Waals surface area contributed by atoms with Gasteiger partial charge in [-0.05, 0) is 70.1 Å². The van der Waals surface area contributed by atoms with E-state index in [4.69, 9.17) is 21.8 Å². The Morgan fingerprint density at radius 1 is 0.500 bits per heavy atom. The van der Waals surface area contributed by atoms with Gasteiger partial charge in [0.1, 0.15) is 17.2 Å². The smallest absolute Gasteiger partial charge is 0.262 e. The molecule has 0 aliphatic rings. The van der Waals surface area contributed by atoms with E-state index in [9.17, 15) is 44.7 Å². The molecular weight excluding hydrogens is 877 g/mol.